The molecule has 1 N–H and O–H groups in total. The maximum Gasteiger partial charge on any atom is 0.229 e. The van der Waals surface area contributed by atoms with Crippen LogP contribution in [0, 0.1) is 0 Å². The first-order valence-corrected chi connectivity index (χ1v) is 8.69. The molecule has 130 valence electrons. The van der Waals surface area contributed by atoms with Crippen LogP contribution in [0.2, 0.25) is 5.15 Å². The second kappa shape index (κ2) is 6.69. The van der Waals surface area contributed by atoms with Crippen molar-refractivity contribution in [1.82, 2.24) is 14.5 Å². The molecule has 1 aliphatic carbocycles. The summed E-state index contributed by atoms with van der Waals surface area (Å²) in [6.07, 6.45) is 3.60. The fourth-order valence-electron chi connectivity index (χ4n) is 2.67. The number of carbonyl (C=O) groups excluding carboxylic acids is 1. The number of imidazole rings is 1. The highest BCUT2D eigenvalue weighted by molar-refractivity contribution is 6.29. The van der Waals surface area contributed by atoms with E-state index >= 15 is 0 Å². The molecule has 1 saturated carbocycles. The van der Waals surface area contributed by atoms with Crippen LogP contribution in [0.3, 0.4) is 0 Å². The van der Waals surface area contributed by atoms with Gasteiger partial charge >= 0.3 is 0 Å². The quantitative estimate of drug-likeness (QED) is 0.829. The minimum absolute atomic E-state index is 0.110. The molecule has 0 unspecified atom stereocenters. The summed E-state index contributed by atoms with van der Waals surface area (Å²) in [5.41, 5.74) is 1.22. The van der Waals surface area contributed by atoms with Gasteiger partial charge in [-0.05, 0) is 52.2 Å². The van der Waals surface area contributed by atoms with Crippen molar-refractivity contribution < 1.29 is 9.53 Å². The molecule has 0 aliphatic heterocycles. The zero-order valence-corrected chi connectivity index (χ0v) is 15.1. The molecule has 0 spiro atoms. The van der Waals surface area contributed by atoms with Crippen LogP contribution < -0.4 is 5.32 Å². The first-order chi connectivity index (χ1) is 11.3. The predicted molar refractivity (Wildman–Crippen MR) is 94.4 cm³/mol. The lowest BCUT2D eigenvalue weighted by Crippen LogP contribution is -2.25. The second-order valence-electron chi connectivity index (χ2n) is 7.13. The number of nitrogens with one attached hydrogen (secondary N) is 1. The zero-order chi connectivity index (χ0) is 17.3. The number of hydrogen-bond donors (Lipinski definition) is 1. The van der Waals surface area contributed by atoms with Gasteiger partial charge < -0.3 is 4.74 Å². The second-order valence-corrected chi connectivity index (χ2v) is 7.51. The van der Waals surface area contributed by atoms with E-state index in [0.717, 1.165) is 24.0 Å². The fourth-order valence-corrected chi connectivity index (χ4v) is 2.81. The third-order valence-electron chi connectivity index (χ3n) is 4.06. The van der Waals surface area contributed by atoms with Gasteiger partial charge in [0.2, 0.25) is 11.9 Å². The fraction of sp³-hybridized carbons (Fsp3) is 0.588. The largest absolute Gasteiger partial charge is 0.375 e. The summed E-state index contributed by atoms with van der Waals surface area (Å²) in [6, 6.07) is 3.87. The molecule has 2 aromatic rings. The number of pyridine rings is 1. The lowest BCUT2D eigenvalue weighted by atomic mass is 9.93. The van der Waals surface area contributed by atoms with Gasteiger partial charge in [0.05, 0.1) is 18.6 Å². The lowest BCUT2D eigenvalue weighted by molar-refractivity contribution is -0.118. The molecule has 7 heteroatoms. The maximum atomic E-state index is 12.2. The van der Waals surface area contributed by atoms with Crippen molar-refractivity contribution in [2.24, 2.45) is 0 Å². The molecule has 1 amide bonds. The Kier molecular flexibility index (Phi) is 4.78. The van der Waals surface area contributed by atoms with Crippen molar-refractivity contribution in [3.63, 3.8) is 0 Å². The summed E-state index contributed by atoms with van der Waals surface area (Å²) in [7, 11) is 0. The van der Waals surface area contributed by atoms with Gasteiger partial charge in [0.25, 0.3) is 0 Å². The van der Waals surface area contributed by atoms with E-state index < -0.39 is 0 Å². The molecule has 0 bridgehead atoms. The van der Waals surface area contributed by atoms with Gasteiger partial charge in [-0.15, -0.1) is 0 Å². The van der Waals surface area contributed by atoms with Crippen LogP contribution in [-0.4, -0.2) is 32.7 Å². The highest BCUT2D eigenvalue weighted by Crippen LogP contribution is 2.36. The van der Waals surface area contributed by atoms with Crippen molar-refractivity contribution in [2.45, 2.75) is 58.1 Å². The molecule has 24 heavy (non-hydrogen) atoms. The Balaban J connectivity index is 1.77. The third kappa shape index (κ3) is 3.87. The summed E-state index contributed by atoms with van der Waals surface area (Å²) in [6.45, 7) is 6.28. The van der Waals surface area contributed by atoms with Gasteiger partial charge in [-0.2, -0.15) is 0 Å². The van der Waals surface area contributed by atoms with E-state index in [1.165, 1.54) is 6.42 Å². The summed E-state index contributed by atoms with van der Waals surface area (Å²) >= 11 is 6.03. The molecule has 0 saturated heterocycles. The molecule has 0 radical (unpaired) electrons. The van der Waals surface area contributed by atoms with Crippen LogP contribution in [0.5, 0.6) is 0 Å². The van der Waals surface area contributed by atoms with Crippen molar-refractivity contribution >= 4 is 34.6 Å². The predicted octanol–water partition coefficient (Wildman–Crippen LogP) is 3.95. The molecule has 6 nitrogen and oxygen atoms in total. The van der Waals surface area contributed by atoms with Gasteiger partial charge in [-0.25, -0.2) is 9.97 Å². The number of anilines is 1. The first-order valence-electron chi connectivity index (χ1n) is 8.32. The Bertz CT molecular complexity index is 747. The molecule has 0 aromatic carbocycles. The average molecular weight is 351 g/mol. The van der Waals surface area contributed by atoms with Gasteiger partial charge in [0, 0.05) is 6.04 Å². The van der Waals surface area contributed by atoms with Crippen molar-refractivity contribution in [1.29, 1.82) is 0 Å². The Hall–Kier alpha value is -1.66. The highest BCUT2D eigenvalue weighted by atomic mass is 35.5. The molecule has 2 heterocycles. The normalized spacial score (nSPS) is 15.5. The minimum Gasteiger partial charge on any atom is -0.375 e. The number of nitrogens with zero attached hydrogens (tertiary/aromatic N) is 3. The van der Waals surface area contributed by atoms with Gasteiger partial charge in [-0.1, -0.05) is 11.6 Å². The smallest absolute Gasteiger partial charge is 0.229 e. The SMILES string of the molecule is CC(C)(C)OCCC(=O)Nc1nc2ccc(Cl)nc2n1C1CCC1. The number of ether oxygens (including phenoxy) is 1. The number of amides is 1. The Morgan fingerprint density at radius 1 is 1.38 bits per heavy atom. The lowest BCUT2D eigenvalue weighted by Gasteiger charge is -2.28. The van der Waals surface area contributed by atoms with Crippen LogP contribution in [0.4, 0.5) is 5.95 Å². The van der Waals surface area contributed by atoms with E-state index in [1.807, 2.05) is 31.4 Å². The standard InChI is InChI=1S/C17H23ClN4O2/c1-17(2,3)24-10-9-14(23)21-16-19-12-7-8-13(18)20-15(12)22(16)11-5-4-6-11/h7-8,11H,4-6,9-10H2,1-3H3,(H,19,21,23). The number of rotatable bonds is 5. The average Bonchev–Trinajstić information content (AvgIpc) is 2.73. The van der Waals surface area contributed by atoms with Crippen LogP contribution in [0.15, 0.2) is 12.1 Å². The molecule has 2 aromatic heterocycles. The van der Waals surface area contributed by atoms with Gasteiger partial charge in [0.1, 0.15) is 10.7 Å². The number of hydrogen-bond acceptors (Lipinski definition) is 4. The van der Waals surface area contributed by atoms with Crippen molar-refractivity contribution in [3.8, 4) is 0 Å². The topological polar surface area (TPSA) is 69.0 Å². The van der Waals surface area contributed by atoms with Gasteiger partial charge in [-0.3, -0.25) is 14.7 Å². The molecule has 3 rings (SSSR count). The van der Waals surface area contributed by atoms with E-state index in [1.54, 1.807) is 6.07 Å². The first kappa shape index (κ1) is 17.2. The summed E-state index contributed by atoms with van der Waals surface area (Å²) in [5, 5.41) is 3.33. The summed E-state index contributed by atoms with van der Waals surface area (Å²) in [5.74, 6) is 0.437. The van der Waals surface area contributed by atoms with Crippen molar-refractivity contribution in [3.05, 3.63) is 17.3 Å². The molecule has 1 aliphatic rings. The molecular weight excluding hydrogens is 328 g/mol. The van der Waals surface area contributed by atoms with Crippen LogP contribution in [0.25, 0.3) is 11.2 Å². The van der Waals surface area contributed by atoms with E-state index in [-0.39, 0.29) is 11.5 Å². The Morgan fingerprint density at radius 3 is 2.75 bits per heavy atom. The van der Waals surface area contributed by atoms with Gasteiger partial charge in [0.15, 0.2) is 5.65 Å². The van der Waals surface area contributed by atoms with E-state index in [0.29, 0.717) is 30.2 Å². The van der Waals surface area contributed by atoms with Crippen LogP contribution in [-0.2, 0) is 9.53 Å². The monoisotopic (exact) mass is 350 g/mol. The van der Waals surface area contributed by atoms with Crippen LogP contribution in [0.1, 0.15) is 52.5 Å². The van der Waals surface area contributed by atoms with E-state index in [2.05, 4.69) is 15.3 Å². The molecular formula is C17H23ClN4O2. The van der Waals surface area contributed by atoms with E-state index in [4.69, 9.17) is 16.3 Å². The number of aromatic nitrogens is 3. The van der Waals surface area contributed by atoms with E-state index in [9.17, 15) is 4.79 Å². The third-order valence-corrected chi connectivity index (χ3v) is 4.27. The summed E-state index contributed by atoms with van der Waals surface area (Å²) < 4.78 is 7.61. The Morgan fingerprint density at radius 2 is 2.12 bits per heavy atom. The maximum absolute atomic E-state index is 12.2. The number of halogens is 1. The minimum atomic E-state index is -0.250. The summed E-state index contributed by atoms with van der Waals surface area (Å²) in [4.78, 5) is 21.1. The number of carbonyl (C=O) groups is 1. The zero-order valence-electron chi connectivity index (χ0n) is 14.3. The Labute approximate surface area is 146 Å². The number of fused-ring (bicyclic) bond motifs is 1. The van der Waals surface area contributed by atoms with Crippen LogP contribution >= 0.6 is 11.6 Å². The molecule has 1 fully saturated rings. The molecule has 0 atom stereocenters. The van der Waals surface area contributed by atoms with Crippen molar-refractivity contribution in [2.75, 3.05) is 11.9 Å². The highest BCUT2D eigenvalue weighted by Gasteiger charge is 2.26.